The number of hydrogen-bond acceptors (Lipinski definition) is 4. The number of carbonyl (C=O) groups excluding carboxylic acids is 2. The Morgan fingerprint density at radius 3 is 2.38 bits per heavy atom. The third-order valence-electron chi connectivity index (χ3n) is 2.32. The molecule has 0 unspecified atom stereocenters. The number of rotatable bonds is 2. The standard InChI is InChI=1S/C10H11N3O3/c1-16-7-4-2-6(3-5-7)13-10(15)8(11)9(14)12-13/h2-5,8H,11H2,1H3,(H,12,14)/t8-/m0/s1. The summed E-state index contributed by atoms with van der Waals surface area (Å²) in [5, 5.41) is 1.13. The lowest BCUT2D eigenvalue weighted by atomic mass is 10.2. The summed E-state index contributed by atoms with van der Waals surface area (Å²) in [7, 11) is 1.55. The summed E-state index contributed by atoms with van der Waals surface area (Å²) < 4.78 is 4.99. The van der Waals surface area contributed by atoms with E-state index < -0.39 is 17.9 Å². The van der Waals surface area contributed by atoms with E-state index in [2.05, 4.69) is 5.43 Å². The van der Waals surface area contributed by atoms with Crippen LogP contribution in [-0.2, 0) is 9.59 Å². The van der Waals surface area contributed by atoms with E-state index in [9.17, 15) is 9.59 Å². The fraction of sp³-hybridized carbons (Fsp3) is 0.200. The number of nitrogens with one attached hydrogen (secondary N) is 1. The second-order valence-corrected chi connectivity index (χ2v) is 3.33. The normalized spacial score (nSPS) is 19.9. The van der Waals surface area contributed by atoms with Crippen molar-refractivity contribution in [2.24, 2.45) is 5.73 Å². The van der Waals surface area contributed by atoms with Crippen molar-refractivity contribution in [3.63, 3.8) is 0 Å². The molecule has 0 bridgehead atoms. The molecular weight excluding hydrogens is 210 g/mol. The predicted molar refractivity (Wildman–Crippen MR) is 56.6 cm³/mol. The average Bonchev–Trinajstić information content (AvgIpc) is 2.57. The number of nitrogens with zero attached hydrogens (tertiary/aromatic N) is 1. The molecule has 1 aliphatic rings. The molecule has 2 rings (SSSR count). The Kier molecular flexibility index (Phi) is 2.49. The first-order chi connectivity index (χ1) is 7.63. The third kappa shape index (κ3) is 1.59. The highest BCUT2D eigenvalue weighted by Crippen LogP contribution is 2.20. The maximum absolute atomic E-state index is 11.6. The number of carbonyl (C=O) groups is 2. The fourth-order valence-corrected chi connectivity index (χ4v) is 1.41. The molecule has 1 aromatic rings. The summed E-state index contributed by atoms with van der Waals surface area (Å²) in [4.78, 5) is 22.7. The third-order valence-corrected chi connectivity index (χ3v) is 2.32. The van der Waals surface area contributed by atoms with Gasteiger partial charge in [-0.3, -0.25) is 15.0 Å². The average molecular weight is 221 g/mol. The van der Waals surface area contributed by atoms with E-state index in [-0.39, 0.29) is 0 Å². The number of ether oxygens (including phenoxy) is 1. The van der Waals surface area contributed by atoms with Gasteiger partial charge in [-0.2, -0.15) is 0 Å². The van der Waals surface area contributed by atoms with Crippen LogP contribution in [0.2, 0.25) is 0 Å². The van der Waals surface area contributed by atoms with Crippen molar-refractivity contribution in [1.82, 2.24) is 5.43 Å². The van der Waals surface area contributed by atoms with E-state index in [1.54, 1.807) is 31.4 Å². The maximum Gasteiger partial charge on any atom is 0.272 e. The lowest BCUT2D eigenvalue weighted by Crippen LogP contribution is -2.36. The Bertz CT molecular complexity index is 429. The van der Waals surface area contributed by atoms with Crippen LogP contribution in [0.1, 0.15) is 0 Å². The molecule has 84 valence electrons. The van der Waals surface area contributed by atoms with Gasteiger partial charge < -0.3 is 10.5 Å². The Labute approximate surface area is 91.9 Å². The second kappa shape index (κ2) is 3.82. The summed E-state index contributed by atoms with van der Waals surface area (Å²) in [6.07, 6.45) is 0. The van der Waals surface area contributed by atoms with Gasteiger partial charge in [0.1, 0.15) is 5.75 Å². The van der Waals surface area contributed by atoms with E-state index in [4.69, 9.17) is 10.5 Å². The van der Waals surface area contributed by atoms with E-state index in [1.165, 1.54) is 0 Å². The molecule has 6 nitrogen and oxygen atoms in total. The maximum atomic E-state index is 11.6. The van der Waals surface area contributed by atoms with Crippen LogP contribution in [0, 0.1) is 0 Å². The number of nitrogens with two attached hydrogens (primary N) is 1. The molecule has 0 aliphatic carbocycles. The van der Waals surface area contributed by atoms with Gasteiger partial charge in [0.25, 0.3) is 11.8 Å². The Morgan fingerprint density at radius 2 is 1.94 bits per heavy atom. The number of hydrazine groups is 1. The molecule has 0 radical (unpaired) electrons. The van der Waals surface area contributed by atoms with Crippen LogP contribution >= 0.6 is 0 Å². The number of anilines is 1. The van der Waals surface area contributed by atoms with E-state index in [0.717, 1.165) is 5.01 Å². The summed E-state index contributed by atoms with van der Waals surface area (Å²) in [6.45, 7) is 0. The van der Waals surface area contributed by atoms with Crippen LogP contribution in [0.5, 0.6) is 5.75 Å². The van der Waals surface area contributed by atoms with Crippen LogP contribution < -0.4 is 20.9 Å². The minimum absolute atomic E-state index is 0.463. The molecule has 0 spiro atoms. The van der Waals surface area contributed by atoms with Gasteiger partial charge in [-0.25, -0.2) is 5.01 Å². The van der Waals surface area contributed by atoms with Crippen LogP contribution in [0.3, 0.4) is 0 Å². The van der Waals surface area contributed by atoms with Crippen LogP contribution in [-0.4, -0.2) is 25.0 Å². The molecule has 0 saturated carbocycles. The summed E-state index contributed by atoms with van der Waals surface area (Å²) >= 11 is 0. The molecule has 6 heteroatoms. The molecule has 1 aromatic carbocycles. The Morgan fingerprint density at radius 1 is 1.31 bits per heavy atom. The van der Waals surface area contributed by atoms with Crippen molar-refractivity contribution >= 4 is 17.5 Å². The fourth-order valence-electron chi connectivity index (χ4n) is 1.41. The van der Waals surface area contributed by atoms with Gasteiger partial charge in [0.2, 0.25) is 0 Å². The number of benzene rings is 1. The SMILES string of the molecule is COc1ccc(N2NC(=O)[C@H](N)C2=O)cc1. The van der Waals surface area contributed by atoms with Crippen molar-refractivity contribution < 1.29 is 14.3 Å². The van der Waals surface area contributed by atoms with Gasteiger partial charge in [-0.1, -0.05) is 0 Å². The Balaban J connectivity index is 2.25. The summed E-state index contributed by atoms with van der Waals surface area (Å²) in [5.41, 5.74) is 8.31. The highest BCUT2D eigenvalue weighted by atomic mass is 16.5. The van der Waals surface area contributed by atoms with Crippen LogP contribution in [0.4, 0.5) is 5.69 Å². The molecule has 0 aromatic heterocycles. The first-order valence-corrected chi connectivity index (χ1v) is 4.67. The quantitative estimate of drug-likeness (QED) is 0.653. The molecule has 1 fully saturated rings. The zero-order chi connectivity index (χ0) is 11.7. The van der Waals surface area contributed by atoms with Crippen molar-refractivity contribution in [2.45, 2.75) is 6.04 Å². The zero-order valence-electron chi connectivity index (χ0n) is 8.64. The summed E-state index contributed by atoms with van der Waals surface area (Å²) in [5.74, 6) is -0.290. The van der Waals surface area contributed by atoms with E-state index >= 15 is 0 Å². The molecule has 1 aliphatic heterocycles. The topological polar surface area (TPSA) is 84.7 Å². The number of amides is 2. The highest BCUT2D eigenvalue weighted by Gasteiger charge is 2.37. The number of hydrogen-bond donors (Lipinski definition) is 2. The van der Waals surface area contributed by atoms with Gasteiger partial charge in [0.05, 0.1) is 12.8 Å². The molecule has 16 heavy (non-hydrogen) atoms. The van der Waals surface area contributed by atoms with Crippen LogP contribution in [0.15, 0.2) is 24.3 Å². The van der Waals surface area contributed by atoms with E-state index in [1.807, 2.05) is 0 Å². The summed E-state index contributed by atoms with van der Waals surface area (Å²) in [6, 6.07) is 5.59. The second-order valence-electron chi connectivity index (χ2n) is 3.33. The van der Waals surface area contributed by atoms with Crippen molar-refractivity contribution in [1.29, 1.82) is 0 Å². The van der Waals surface area contributed by atoms with Crippen molar-refractivity contribution in [2.75, 3.05) is 12.1 Å². The van der Waals surface area contributed by atoms with Gasteiger partial charge in [0, 0.05) is 0 Å². The number of methoxy groups -OCH3 is 1. The van der Waals surface area contributed by atoms with Crippen LogP contribution in [0.25, 0.3) is 0 Å². The van der Waals surface area contributed by atoms with Crippen molar-refractivity contribution in [3.8, 4) is 5.75 Å². The molecule has 1 heterocycles. The van der Waals surface area contributed by atoms with Gasteiger partial charge in [-0.15, -0.1) is 0 Å². The molecule has 2 amide bonds. The lowest BCUT2D eigenvalue weighted by molar-refractivity contribution is -0.123. The highest BCUT2D eigenvalue weighted by molar-refractivity contribution is 6.17. The smallest absolute Gasteiger partial charge is 0.272 e. The Hall–Kier alpha value is -2.08. The predicted octanol–water partition coefficient (Wildman–Crippen LogP) is -0.600. The molecule has 1 atom stereocenters. The minimum atomic E-state index is -1.12. The van der Waals surface area contributed by atoms with Gasteiger partial charge >= 0.3 is 0 Å². The first kappa shape index (κ1) is 10.4. The molecular formula is C10H11N3O3. The molecule has 3 N–H and O–H groups in total. The lowest BCUT2D eigenvalue weighted by Gasteiger charge is -2.15. The first-order valence-electron chi connectivity index (χ1n) is 4.67. The minimum Gasteiger partial charge on any atom is -0.497 e. The monoisotopic (exact) mass is 221 g/mol. The largest absolute Gasteiger partial charge is 0.497 e. The van der Waals surface area contributed by atoms with Gasteiger partial charge in [0.15, 0.2) is 6.04 Å². The zero-order valence-corrected chi connectivity index (χ0v) is 8.64. The van der Waals surface area contributed by atoms with E-state index in [0.29, 0.717) is 11.4 Å². The van der Waals surface area contributed by atoms with Gasteiger partial charge in [-0.05, 0) is 24.3 Å². The molecule has 1 saturated heterocycles. The van der Waals surface area contributed by atoms with Crippen molar-refractivity contribution in [3.05, 3.63) is 24.3 Å².